The molecular weight excluding hydrogens is 334 g/mol. The molecule has 0 N–H and O–H groups in total. The molecule has 26 heavy (non-hydrogen) atoms. The number of fused-ring (bicyclic) bond motifs is 1. The zero-order valence-corrected chi connectivity index (χ0v) is 15.3. The number of allylic oxidation sites excluding steroid dienone is 1. The van der Waals surface area contributed by atoms with Crippen molar-refractivity contribution in [2.24, 2.45) is 14.1 Å². The average molecular weight is 355 g/mol. The van der Waals surface area contributed by atoms with Crippen LogP contribution in [0, 0.1) is 13.8 Å². The second-order valence-corrected chi connectivity index (χ2v) is 6.36. The van der Waals surface area contributed by atoms with Gasteiger partial charge in [-0.15, -0.1) is 6.58 Å². The molecule has 3 heterocycles. The molecule has 0 aliphatic heterocycles. The number of nitrogens with zero attached hydrogens (tertiary/aromatic N) is 5. The first kappa shape index (κ1) is 17.7. The molecule has 0 aliphatic rings. The minimum Gasteiger partial charge on any atom is -0.345 e. The number of aromatic nitrogens is 5. The first-order valence-electron chi connectivity index (χ1n) is 8.19. The van der Waals surface area contributed by atoms with Crippen LogP contribution in [0.1, 0.15) is 21.7 Å². The van der Waals surface area contributed by atoms with Crippen molar-refractivity contribution in [3.05, 3.63) is 62.8 Å². The number of hydrogen-bond donors (Lipinski definition) is 0. The van der Waals surface area contributed by atoms with Gasteiger partial charge >= 0.3 is 5.69 Å². The summed E-state index contributed by atoms with van der Waals surface area (Å²) < 4.78 is 5.82. The second kappa shape index (κ2) is 6.29. The third kappa shape index (κ3) is 2.54. The third-order valence-electron chi connectivity index (χ3n) is 4.72. The molecule has 0 spiro atoms. The van der Waals surface area contributed by atoms with Crippen LogP contribution in [0.5, 0.6) is 0 Å². The van der Waals surface area contributed by atoms with Gasteiger partial charge in [0.15, 0.2) is 16.9 Å². The Hall–Kier alpha value is -3.16. The summed E-state index contributed by atoms with van der Waals surface area (Å²) in [4.78, 5) is 41.4. The van der Waals surface area contributed by atoms with Crippen LogP contribution >= 0.6 is 0 Å². The fourth-order valence-electron chi connectivity index (χ4n) is 3.25. The number of ketones is 1. The van der Waals surface area contributed by atoms with Crippen LogP contribution in [0.25, 0.3) is 11.2 Å². The van der Waals surface area contributed by atoms with E-state index in [2.05, 4.69) is 11.6 Å². The van der Waals surface area contributed by atoms with Gasteiger partial charge in [-0.1, -0.05) is 6.08 Å². The number of aryl methyl sites for hydroxylation is 2. The molecule has 136 valence electrons. The molecule has 3 rings (SSSR count). The largest absolute Gasteiger partial charge is 0.345 e. The van der Waals surface area contributed by atoms with Crippen LogP contribution < -0.4 is 11.2 Å². The Kier molecular flexibility index (Phi) is 4.27. The lowest BCUT2D eigenvalue weighted by atomic mass is 10.1. The van der Waals surface area contributed by atoms with Gasteiger partial charge in [0, 0.05) is 37.6 Å². The average Bonchev–Trinajstić information content (AvgIpc) is 3.14. The Morgan fingerprint density at radius 2 is 1.92 bits per heavy atom. The van der Waals surface area contributed by atoms with E-state index in [1.54, 1.807) is 13.1 Å². The van der Waals surface area contributed by atoms with Crippen molar-refractivity contribution >= 4 is 16.9 Å². The number of carbonyl (C=O) groups excluding carboxylic acids is 1. The third-order valence-corrected chi connectivity index (χ3v) is 4.72. The highest BCUT2D eigenvalue weighted by Gasteiger charge is 2.19. The second-order valence-electron chi connectivity index (χ2n) is 6.36. The first-order valence-corrected chi connectivity index (χ1v) is 8.19. The highest BCUT2D eigenvalue weighted by molar-refractivity contribution is 5.98. The monoisotopic (exact) mass is 355 g/mol. The van der Waals surface area contributed by atoms with Gasteiger partial charge in [0.25, 0.3) is 5.56 Å². The predicted molar refractivity (Wildman–Crippen MR) is 98.6 cm³/mol. The van der Waals surface area contributed by atoms with Crippen LogP contribution in [-0.2, 0) is 27.2 Å². The Labute approximate surface area is 149 Å². The summed E-state index contributed by atoms with van der Waals surface area (Å²) in [5.41, 5.74) is 2.02. The Balaban J connectivity index is 2.07. The fraction of sp³-hybridized carbons (Fsp3) is 0.333. The predicted octanol–water partition coefficient (Wildman–Crippen LogP) is 0.921. The smallest absolute Gasteiger partial charge is 0.332 e. The molecule has 0 bridgehead atoms. The Morgan fingerprint density at radius 3 is 2.58 bits per heavy atom. The van der Waals surface area contributed by atoms with E-state index in [0.717, 1.165) is 16.0 Å². The molecule has 0 amide bonds. The highest BCUT2D eigenvalue weighted by Crippen LogP contribution is 2.17. The van der Waals surface area contributed by atoms with Crippen molar-refractivity contribution < 1.29 is 4.79 Å². The maximum atomic E-state index is 12.8. The summed E-state index contributed by atoms with van der Waals surface area (Å²) in [5.74, 6) is -0.122. The van der Waals surface area contributed by atoms with Crippen LogP contribution in [0.3, 0.4) is 0 Å². The molecule has 8 nitrogen and oxygen atoms in total. The molecule has 0 unspecified atom stereocenters. The number of rotatable bonds is 5. The Morgan fingerprint density at radius 1 is 1.23 bits per heavy atom. The van der Waals surface area contributed by atoms with E-state index >= 15 is 0 Å². The van der Waals surface area contributed by atoms with Gasteiger partial charge in [0.1, 0.15) is 0 Å². The summed E-state index contributed by atoms with van der Waals surface area (Å²) in [6, 6.07) is 1.84. The van der Waals surface area contributed by atoms with Crippen LogP contribution in [0.4, 0.5) is 0 Å². The van der Waals surface area contributed by atoms with E-state index in [9.17, 15) is 14.4 Å². The minimum absolute atomic E-state index is 0.0255. The topological polar surface area (TPSA) is 83.8 Å². The SMILES string of the molecule is C=CCn1c(C)cc(C(=O)Cn2cnc3c2c(=O)n(C)c(=O)n3C)c1C. The number of Topliss-reactive ketones (excluding diaryl/α,β-unsaturated/α-hetero) is 1. The van der Waals surface area contributed by atoms with E-state index in [1.165, 1.54) is 22.5 Å². The highest BCUT2D eigenvalue weighted by atomic mass is 16.2. The zero-order valence-electron chi connectivity index (χ0n) is 15.3. The van der Waals surface area contributed by atoms with E-state index in [-0.39, 0.29) is 23.5 Å². The molecule has 0 radical (unpaired) electrons. The van der Waals surface area contributed by atoms with Crippen LogP contribution in [0.15, 0.2) is 34.6 Å². The van der Waals surface area contributed by atoms with Gasteiger partial charge in [-0.25, -0.2) is 9.78 Å². The van der Waals surface area contributed by atoms with Gasteiger partial charge in [-0.2, -0.15) is 0 Å². The molecule has 0 saturated carbocycles. The van der Waals surface area contributed by atoms with Crippen molar-refractivity contribution in [1.82, 2.24) is 23.3 Å². The van der Waals surface area contributed by atoms with Crippen molar-refractivity contribution in [3.8, 4) is 0 Å². The lowest BCUT2D eigenvalue weighted by Crippen LogP contribution is -2.37. The summed E-state index contributed by atoms with van der Waals surface area (Å²) >= 11 is 0. The van der Waals surface area contributed by atoms with Crippen molar-refractivity contribution in [2.45, 2.75) is 26.9 Å². The summed E-state index contributed by atoms with van der Waals surface area (Å²) in [7, 11) is 2.96. The lowest BCUT2D eigenvalue weighted by Gasteiger charge is -2.08. The van der Waals surface area contributed by atoms with Crippen LogP contribution in [-0.4, -0.2) is 29.0 Å². The molecule has 0 fully saturated rings. The molecule has 0 atom stereocenters. The zero-order chi connectivity index (χ0) is 19.2. The number of imidazole rings is 1. The summed E-state index contributed by atoms with van der Waals surface area (Å²) in [6.07, 6.45) is 3.20. The molecule has 3 aromatic heterocycles. The van der Waals surface area contributed by atoms with Crippen LogP contribution in [0.2, 0.25) is 0 Å². The normalized spacial score (nSPS) is 11.2. The maximum absolute atomic E-state index is 12.8. The molecule has 0 aromatic carbocycles. The van der Waals surface area contributed by atoms with Crippen molar-refractivity contribution in [3.63, 3.8) is 0 Å². The molecular formula is C18H21N5O3. The van der Waals surface area contributed by atoms with E-state index in [4.69, 9.17) is 0 Å². The minimum atomic E-state index is -0.467. The van der Waals surface area contributed by atoms with Gasteiger partial charge in [-0.05, 0) is 19.9 Å². The summed E-state index contributed by atoms with van der Waals surface area (Å²) in [5, 5.41) is 0. The lowest BCUT2D eigenvalue weighted by molar-refractivity contribution is 0.0972. The van der Waals surface area contributed by atoms with Gasteiger partial charge in [-0.3, -0.25) is 18.7 Å². The molecule has 0 saturated heterocycles. The molecule has 3 aromatic rings. The molecule has 0 aliphatic carbocycles. The summed E-state index contributed by atoms with van der Waals surface area (Å²) in [6.45, 7) is 8.16. The van der Waals surface area contributed by atoms with E-state index < -0.39 is 11.2 Å². The van der Waals surface area contributed by atoms with Crippen molar-refractivity contribution in [1.29, 1.82) is 0 Å². The Bertz CT molecular complexity index is 1160. The quantitative estimate of drug-likeness (QED) is 0.503. The van der Waals surface area contributed by atoms with Gasteiger partial charge in [0.05, 0.1) is 12.9 Å². The van der Waals surface area contributed by atoms with Gasteiger partial charge < -0.3 is 9.13 Å². The van der Waals surface area contributed by atoms with E-state index in [1.807, 2.05) is 24.5 Å². The first-order chi connectivity index (χ1) is 12.3. The number of hydrogen-bond acceptors (Lipinski definition) is 4. The van der Waals surface area contributed by atoms with Gasteiger partial charge in [0.2, 0.25) is 0 Å². The maximum Gasteiger partial charge on any atom is 0.332 e. The van der Waals surface area contributed by atoms with E-state index in [0.29, 0.717) is 12.1 Å². The number of carbonyl (C=O) groups is 1. The molecule has 8 heteroatoms. The fourth-order valence-corrected chi connectivity index (χ4v) is 3.25. The standard InChI is InChI=1S/C18H21N5O3/c1-6-7-23-11(2)8-13(12(23)3)14(24)9-22-10-19-16-15(22)17(25)21(5)18(26)20(16)4/h6,8,10H,1,7,9H2,2-5H3. The van der Waals surface area contributed by atoms with Crippen molar-refractivity contribution in [2.75, 3.05) is 0 Å².